The molecule has 0 radical (unpaired) electrons. The molecule has 0 aliphatic carbocycles. The first-order chi connectivity index (χ1) is 16.6. The molecule has 0 fully saturated rings. The number of aromatic nitrogens is 3. The van der Waals surface area contributed by atoms with Crippen LogP contribution in [0.4, 0.5) is 13.2 Å². The van der Waals surface area contributed by atoms with Crippen LogP contribution in [0.2, 0.25) is 15.1 Å². The average molecular weight is 539 g/mol. The molecular weight excluding hydrogens is 526 g/mol. The first-order valence-corrected chi connectivity index (χ1v) is 10.9. The SMILES string of the molecule is COc1cc(-c2nn(-c3c(Cl)cccc3Cl)c(=O)[nH]2)ccc1C#Cc1ccc(C(F)(F)F)cc1Cl. The van der Waals surface area contributed by atoms with E-state index in [1.165, 1.54) is 13.2 Å². The maximum Gasteiger partial charge on any atom is 0.416 e. The Bertz CT molecular complexity index is 1530. The number of nitrogens with zero attached hydrogens (tertiary/aromatic N) is 2. The Kier molecular flexibility index (Phi) is 6.86. The van der Waals surface area contributed by atoms with E-state index in [0.717, 1.165) is 16.8 Å². The van der Waals surface area contributed by atoms with Crippen molar-refractivity contribution < 1.29 is 17.9 Å². The average Bonchev–Trinajstić information content (AvgIpc) is 3.18. The number of alkyl halides is 3. The minimum absolute atomic E-state index is 0.121. The van der Waals surface area contributed by atoms with Crippen LogP contribution >= 0.6 is 34.8 Å². The van der Waals surface area contributed by atoms with Crippen molar-refractivity contribution in [2.45, 2.75) is 6.18 Å². The minimum Gasteiger partial charge on any atom is -0.495 e. The van der Waals surface area contributed by atoms with Gasteiger partial charge in [0.05, 0.1) is 33.3 Å². The number of hydrogen-bond acceptors (Lipinski definition) is 3. The molecule has 1 heterocycles. The highest BCUT2D eigenvalue weighted by Gasteiger charge is 2.30. The summed E-state index contributed by atoms with van der Waals surface area (Å²) in [5.74, 6) is 6.18. The fourth-order valence-corrected chi connectivity index (χ4v) is 3.95. The summed E-state index contributed by atoms with van der Waals surface area (Å²) in [6.07, 6.45) is -4.50. The van der Waals surface area contributed by atoms with Gasteiger partial charge in [0.1, 0.15) is 11.4 Å². The summed E-state index contributed by atoms with van der Waals surface area (Å²) < 4.78 is 45.0. The lowest BCUT2D eigenvalue weighted by Gasteiger charge is -2.07. The van der Waals surface area contributed by atoms with E-state index in [-0.39, 0.29) is 32.1 Å². The van der Waals surface area contributed by atoms with Gasteiger partial charge in [0.15, 0.2) is 5.82 Å². The van der Waals surface area contributed by atoms with Gasteiger partial charge < -0.3 is 4.74 Å². The van der Waals surface area contributed by atoms with Gasteiger partial charge in [-0.1, -0.05) is 52.7 Å². The zero-order valence-electron chi connectivity index (χ0n) is 17.7. The molecule has 0 bridgehead atoms. The molecule has 1 aromatic heterocycles. The molecule has 4 aromatic rings. The molecule has 1 N–H and O–H groups in total. The Balaban J connectivity index is 1.68. The normalized spacial score (nSPS) is 11.2. The van der Waals surface area contributed by atoms with E-state index in [0.29, 0.717) is 16.9 Å². The van der Waals surface area contributed by atoms with E-state index in [1.807, 2.05) is 0 Å². The highest BCUT2D eigenvalue weighted by Crippen LogP contribution is 2.32. The predicted octanol–water partition coefficient (Wildman–Crippen LogP) is 6.62. The van der Waals surface area contributed by atoms with Crippen molar-refractivity contribution in [3.05, 3.63) is 96.8 Å². The molecule has 3 aromatic carbocycles. The third kappa shape index (κ3) is 5.17. The fourth-order valence-electron chi connectivity index (χ4n) is 3.17. The number of benzene rings is 3. The van der Waals surface area contributed by atoms with Crippen LogP contribution in [0.5, 0.6) is 5.75 Å². The predicted molar refractivity (Wildman–Crippen MR) is 129 cm³/mol. The standard InChI is InChI=1S/C24H13Cl3F3N3O2/c1-35-20-11-15(22-31-23(34)33(32-22)21-17(25)3-2-4-18(21)26)8-7-14(20)6-5-13-9-10-16(12-19(13)27)24(28,29)30/h2-4,7-12H,1H3,(H,31,32,34). The van der Waals surface area contributed by atoms with Gasteiger partial charge in [-0.15, -0.1) is 5.10 Å². The Morgan fingerprint density at radius 3 is 2.23 bits per heavy atom. The lowest BCUT2D eigenvalue weighted by molar-refractivity contribution is -0.137. The van der Waals surface area contributed by atoms with Crippen LogP contribution in [-0.2, 0) is 6.18 Å². The Morgan fingerprint density at radius 1 is 0.943 bits per heavy atom. The third-order valence-corrected chi connectivity index (χ3v) is 5.79. The molecule has 0 amide bonds. The lowest BCUT2D eigenvalue weighted by Crippen LogP contribution is -2.16. The van der Waals surface area contributed by atoms with Gasteiger partial charge in [-0.3, -0.25) is 4.98 Å². The lowest BCUT2D eigenvalue weighted by atomic mass is 10.1. The van der Waals surface area contributed by atoms with Gasteiger partial charge >= 0.3 is 11.9 Å². The van der Waals surface area contributed by atoms with Crippen LogP contribution in [-0.4, -0.2) is 21.9 Å². The van der Waals surface area contributed by atoms with Crippen molar-refractivity contribution in [3.8, 4) is 34.7 Å². The second-order valence-corrected chi connectivity index (χ2v) is 8.34. The number of H-pyrrole nitrogens is 1. The Labute approximate surface area is 212 Å². The van der Waals surface area contributed by atoms with Gasteiger partial charge in [0.2, 0.25) is 0 Å². The minimum atomic E-state index is -4.50. The summed E-state index contributed by atoms with van der Waals surface area (Å²) in [7, 11) is 1.43. The molecule has 0 aliphatic heterocycles. The summed E-state index contributed by atoms with van der Waals surface area (Å²) >= 11 is 18.4. The van der Waals surface area contributed by atoms with Gasteiger partial charge in [0, 0.05) is 11.1 Å². The molecule has 5 nitrogen and oxygen atoms in total. The van der Waals surface area contributed by atoms with Crippen molar-refractivity contribution in [2.75, 3.05) is 7.11 Å². The van der Waals surface area contributed by atoms with Crippen molar-refractivity contribution in [1.82, 2.24) is 14.8 Å². The molecule has 0 saturated carbocycles. The van der Waals surface area contributed by atoms with Gasteiger partial charge in [-0.05, 0) is 48.5 Å². The van der Waals surface area contributed by atoms with E-state index in [2.05, 4.69) is 21.9 Å². The maximum atomic E-state index is 12.8. The van der Waals surface area contributed by atoms with E-state index in [9.17, 15) is 18.0 Å². The second kappa shape index (κ2) is 9.70. The number of nitrogens with one attached hydrogen (secondary N) is 1. The van der Waals surface area contributed by atoms with E-state index < -0.39 is 17.4 Å². The Hall–Kier alpha value is -3.38. The zero-order chi connectivity index (χ0) is 25.3. The first-order valence-electron chi connectivity index (χ1n) is 9.79. The summed E-state index contributed by atoms with van der Waals surface area (Å²) in [5, 5.41) is 4.67. The van der Waals surface area contributed by atoms with Gasteiger partial charge in [-0.2, -0.15) is 17.9 Å². The highest BCUT2D eigenvalue weighted by atomic mass is 35.5. The molecule has 11 heteroatoms. The molecule has 35 heavy (non-hydrogen) atoms. The summed E-state index contributed by atoms with van der Waals surface area (Å²) in [6, 6.07) is 12.6. The van der Waals surface area contributed by atoms with E-state index >= 15 is 0 Å². The number of methoxy groups -OCH3 is 1. The van der Waals surface area contributed by atoms with Crippen LogP contribution in [0.1, 0.15) is 16.7 Å². The maximum absolute atomic E-state index is 12.8. The van der Waals surface area contributed by atoms with Crippen LogP contribution in [0, 0.1) is 11.8 Å². The topological polar surface area (TPSA) is 59.9 Å². The van der Waals surface area contributed by atoms with Crippen molar-refractivity contribution >= 4 is 34.8 Å². The summed E-state index contributed by atoms with van der Waals surface area (Å²) in [4.78, 5) is 15.2. The monoisotopic (exact) mass is 537 g/mol. The van der Waals surface area contributed by atoms with Crippen molar-refractivity contribution in [1.29, 1.82) is 0 Å². The van der Waals surface area contributed by atoms with Crippen molar-refractivity contribution in [2.24, 2.45) is 0 Å². The molecule has 0 saturated heterocycles. The Morgan fingerprint density at radius 2 is 1.60 bits per heavy atom. The van der Waals surface area contributed by atoms with Crippen LogP contribution < -0.4 is 10.4 Å². The zero-order valence-corrected chi connectivity index (χ0v) is 19.9. The van der Waals surface area contributed by atoms with Crippen LogP contribution in [0.3, 0.4) is 0 Å². The third-order valence-electron chi connectivity index (χ3n) is 4.87. The van der Waals surface area contributed by atoms with E-state index in [1.54, 1.807) is 36.4 Å². The number of ether oxygens (including phenoxy) is 1. The smallest absolute Gasteiger partial charge is 0.416 e. The molecule has 4 rings (SSSR count). The van der Waals surface area contributed by atoms with Crippen LogP contribution in [0.25, 0.3) is 17.1 Å². The fraction of sp³-hybridized carbons (Fsp3) is 0.0833. The molecular formula is C24H13Cl3F3N3O2. The molecule has 0 aliphatic rings. The first kappa shape index (κ1) is 24.7. The highest BCUT2D eigenvalue weighted by molar-refractivity contribution is 6.37. The molecule has 178 valence electrons. The van der Waals surface area contributed by atoms with Crippen molar-refractivity contribution in [3.63, 3.8) is 0 Å². The summed E-state index contributed by atoms with van der Waals surface area (Å²) in [5.41, 5.74) is 0.0232. The largest absolute Gasteiger partial charge is 0.495 e. The van der Waals surface area contributed by atoms with E-state index in [4.69, 9.17) is 39.5 Å². The number of aromatic amines is 1. The van der Waals surface area contributed by atoms with Gasteiger partial charge in [-0.25, -0.2) is 4.79 Å². The molecule has 0 unspecified atom stereocenters. The molecule has 0 atom stereocenters. The number of hydrogen-bond donors (Lipinski definition) is 1. The molecule has 0 spiro atoms. The number of para-hydroxylation sites is 1. The van der Waals surface area contributed by atoms with Gasteiger partial charge in [0.25, 0.3) is 0 Å². The summed E-state index contributed by atoms with van der Waals surface area (Å²) in [6.45, 7) is 0. The number of halogens is 6. The second-order valence-electron chi connectivity index (χ2n) is 7.12. The van der Waals surface area contributed by atoms with Crippen LogP contribution in [0.15, 0.2) is 59.4 Å². The quantitative estimate of drug-likeness (QED) is 0.299. The number of rotatable bonds is 3.